The molecular weight excluding hydrogens is 360 g/mol. The van der Waals surface area contributed by atoms with Gasteiger partial charge in [-0.15, -0.1) is 0 Å². The van der Waals surface area contributed by atoms with Crippen molar-refractivity contribution in [1.29, 1.82) is 0 Å². The number of aromatic hydroxyl groups is 1. The highest BCUT2D eigenvalue weighted by molar-refractivity contribution is 7.80. The van der Waals surface area contributed by atoms with Gasteiger partial charge in [0.2, 0.25) is 0 Å². The van der Waals surface area contributed by atoms with E-state index in [-0.39, 0.29) is 11.7 Å². The minimum atomic E-state index is -0.272. The van der Waals surface area contributed by atoms with Crippen molar-refractivity contribution in [2.75, 3.05) is 12.0 Å². The number of anilines is 1. The van der Waals surface area contributed by atoms with Crippen LogP contribution in [0.25, 0.3) is 6.08 Å². The van der Waals surface area contributed by atoms with E-state index in [4.69, 9.17) is 28.6 Å². The van der Waals surface area contributed by atoms with Crippen molar-refractivity contribution in [3.05, 3.63) is 58.2 Å². The van der Waals surface area contributed by atoms with Gasteiger partial charge in [-0.05, 0) is 66.7 Å². The number of hydrogen-bond acceptors (Lipinski definition) is 4. The first-order valence-electron chi connectivity index (χ1n) is 7.41. The number of carbonyl (C=O) groups is 1. The Labute approximate surface area is 155 Å². The largest absolute Gasteiger partial charge is 0.504 e. The zero-order valence-electron chi connectivity index (χ0n) is 13.5. The first-order valence-corrected chi connectivity index (χ1v) is 8.19. The Morgan fingerprint density at radius 2 is 2.04 bits per heavy atom. The van der Waals surface area contributed by atoms with E-state index in [1.54, 1.807) is 36.4 Å². The van der Waals surface area contributed by atoms with Crippen molar-refractivity contribution in [3.63, 3.8) is 0 Å². The molecule has 0 radical (unpaired) electrons. The summed E-state index contributed by atoms with van der Waals surface area (Å²) in [5.41, 5.74) is 2.48. The van der Waals surface area contributed by atoms with Gasteiger partial charge < -0.3 is 15.2 Å². The molecule has 1 heterocycles. The lowest BCUT2D eigenvalue weighted by Crippen LogP contribution is -2.30. The molecule has 0 unspecified atom stereocenters. The van der Waals surface area contributed by atoms with Gasteiger partial charge in [0.1, 0.15) is 5.70 Å². The number of amides is 1. The minimum Gasteiger partial charge on any atom is -0.504 e. The van der Waals surface area contributed by atoms with Crippen LogP contribution in [0.1, 0.15) is 11.1 Å². The van der Waals surface area contributed by atoms with E-state index in [0.29, 0.717) is 32.8 Å². The Morgan fingerprint density at radius 1 is 1.28 bits per heavy atom. The highest BCUT2D eigenvalue weighted by atomic mass is 35.5. The van der Waals surface area contributed by atoms with Crippen LogP contribution < -0.4 is 15.0 Å². The molecular formula is C18H15ClN2O3S. The molecule has 5 nitrogen and oxygen atoms in total. The summed E-state index contributed by atoms with van der Waals surface area (Å²) in [5, 5.41) is 13.7. The predicted molar refractivity (Wildman–Crippen MR) is 102 cm³/mol. The molecule has 2 aromatic rings. The van der Waals surface area contributed by atoms with Gasteiger partial charge in [-0.3, -0.25) is 9.69 Å². The Hall–Kier alpha value is -2.57. The molecule has 0 aliphatic carbocycles. The number of hydrogen-bond donors (Lipinski definition) is 2. The third-order valence-corrected chi connectivity index (χ3v) is 4.31. The molecule has 0 bridgehead atoms. The standard InChI is InChI=1S/C18H15ClN2O3S/c1-10-7-12(19)4-5-14(10)21-17(23)13(20-18(21)25)8-11-3-6-16(24-2)15(22)9-11/h3-9,22H,1-2H3,(H,20,25). The fourth-order valence-electron chi connectivity index (χ4n) is 2.59. The van der Waals surface area contributed by atoms with Crippen molar-refractivity contribution in [1.82, 2.24) is 5.32 Å². The number of ether oxygens (including phenoxy) is 1. The summed E-state index contributed by atoms with van der Waals surface area (Å²) >= 11 is 11.3. The summed E-state index contributed by atoms with van der Waals surface area (Å²) in [6.07, 6.45) is 1.62. The van der Waals surface area contributed by atoms with Crippen molar-refractivity contribution < 1.29 is 14.6 Å². The number of aryl methyl sites for hydroxylation is 1. The van der Waals surface area contributed by atoms with E-state index in [0.717, 1.165) is 5.56 Å². The molecule has 0 atom stereocenters. The molecule has 0 spiro atoms. The molecule has 128 valence electrons. The number of phenolic OH excluding ortho intramolecular Hbond substituents is 1. The normalized spacial score (nSPS) is 15.6. The van der Waals surface area contributed by atoms with Gasteiger partial charge in [-0.2, -0.15) is 0 Å². The average molecular weight is 375 g/mol. The average Bonchev–Trinajstić information content (AvgIpc) is 2.82. The van der Waals surface area contributed by atoms with Crippen molar-refractivity contribution in [2.45, 2.75) is 6.92 Å². The van der Waals surface area contributed by atoms with Gasteiger partial charge in [-0.1, -0.05) is 17.7 Å². The quantitative estimate of drug-likeness (QED) is 0.634. The zero-order chi connectivity index (χ0) is 18.1. The summed E-state index contributed by atoms with van der Waals surface area (Å²) in [7, 11) is 1.47. The predicted octanol–water partition coefficient (Wildman–Crippen LogP) is 3.62. The molecule has 1 aliphatic rings. The second kappa shape index (κ2) is 6.74. The van der Waals surface area contributed by atoms with Crippen LogP contribution in [0.3, 0.4) is 0 Å². The number of thiocarbonyl (C=S) groups is 1. The third-order valence-electron chi connectivity index (χ3n) is 3.79. The van der Waals surface area contributed by atoms with E-state index in [1.165, 1.54) is 18.1 Å². The fourth-order valence-corrected chi connectivity index (χ4v) is 3.10. The van der Waals surface area contributed by atoms with Gasteiger partial charge in [0.25, 0.3) is 5.91 Å². The number of carbonyl (C=O) groups excluding carboxylic acids is 1. The first-order chi connectivity index (χ1) is 11.9. The Balaban J connectivity index is 1.94. The van der Waals surface area contributed by atoms with Crippen LogP contribution in [-0.2, 0) is 4.79 Å². The van der Waals surface area contributed by atoms with Crippen LogP contribution in [-0.4, -0.2) is 23.2 Å². The molecule has 7 heteroatoms. The molecule has 0 aromatic heterocycles. The zero-order valence-corrected chi connectivity index (χ0v) is 15.1. The number of phenols is 1. The monoisotopic (exact) mass is 374 g/mol. The lowest BCUT2D eigenvalue weighted by molar-refractivity contribution is -0.113. The number of nitrogens with one attached hydrogen (secondary N) is 1. The van der Waals surface area contributed by atoms with Crippen LogP contribution in [0.2, 0.25) is 5.02 Å². The van der Waals surface area contributed by atoms with Crippen LogP contribution >= 0.6 is 23.8 Å². The van der Waals surface area contributed by atoms with Gasteiger partial charge in [-0.25, -0.2) is 0 Å². The summed E-state index contributed by atoms with van der Waals surface area (Å²) in [5.74, 6) is 0.0859. The van der Waals surface area contributed by atoms with Crippen LogP contribution in [0.5, 0.6) is 11.5 Å². The topological polar surface area (TPSA) is 61.8 Å². The van der Waals surface area contributed by atoms with Crippen molar-refractivity contribution in [3.8, 4) is 11.5 Å². The third kappa shape index (κ3) is 3.31. The van der Waals surface area contributed by atoms with Crippen molar-refractivity contribution in [2.24, 2.45) is 0 Å². The van der Waals surface area contributed by atoms with Gasteiger partial charge in [0.05, 0.1) is 12.8 Å². The maximum atomic E-state index is 12.8. The smallest absolute Gasteiger partial charge is 0.281 e. The number of benzene rings is 2. The SMILES string of the molecule is COc1ccc(C=C2NC(=S)N(c3ccc(Cl)cc3C)C2=O)cc1O. The molecule has 1 amide bonds. The maximum Gasteiger partial charge on any atom is 0.281 e. The van der Waals surface area contributed by atoms with E-state index in [2.05, 4.69) is 5.32 Å². The Morgan fingerprint density at radius 3 is 2.68 bits per heavy atom. The summed E-state index contributed by atoms with van der Waals surface area (Å²) in [6.45, 7) is 1.86. The number of halogens is 1. The van der Waals surface area contributed by atoms with E-state index >= 15 is 0 Å². The lowest BCUT2D eigenvalue weighted by Gasteiger charge is -2.16. The van der Waals surface area contributed by atoms with Gasteiger partial charge in [0, 0.05) is 5.02 Å². The molecule has 2 aromatic carbocycles. The molecule has 2 N–H and O–H groups in total. The van der Waals surface area contributed by atoms with E-state index < -0.39 is 0 Å². The van der Waals surface area contributed by atoms with Crippen LogP contribution in [0, 0.1) is 6.92 Å². The summed E-state index contributed by atoms with van der Waals surface area (Å²) in [4.78, 5) is 14.2. The molecule has 1 aliphatic heterocycles. The minimum absolute atomic E-state index is 0.00438. The van der Waals surface area contributed by atoms with Crippen molar-refractivity contribution >= 4 is 46.6 Å². The molecule has 25 heavy (non-hydrogen) atoms. The molecule has 1 fully saturated rings. The van der Waals surface area contributed by atoms with Crippen LogP contribution in [0.15, 0.2) is 42.1 Å². The summed E-state index contributed by atoms with van der Waals surface area (Å²) < 4.78 is 5.01. The number of methoxy groups -OCH3 is 1. The number of nitrogens with zero attached hydrogens (tertiary/aromatic N) is 1. The van der Waals surface area contributed by atoms with Gasteiger partial charge in [0.15, 0.2) is 16.6 Å². The second-order valence-corrected chi connectivity index (χ2v) is 6.31. The Bertz CT molecular complexity index is 911. The second-order valence-electron chi connectivity index (χ2n) is 5.49. The van der Waals surface area contributed by atoms with E-state index in [1.807, 2.05) is 6.92 Å². The Kier molecular flexibility index (Phi) is 4.65. The maximum absolute atomic E-state index is 12.8. The van der Waals surface area contributed by atoms with E-state index in [9.17, 15) is 9.90 Å². The fraction of sp³-hybridized carbons (Fsp3) is 0.111. The summed E-state index contributed by atoms with van der Waals surface area (Å²) in [6, 6.07) is 10.1. The molecule has 3 rings (SSSR count). The molecule has 0 saturated carbocycles. The number of rotatable bonds is 3. The highest BCUT2D eigenvalue weighted by Gasteiger charge is 2.32. The first kappa shape index (κ1) is 17.3. The van der Waals surface area contributed by atoms with Crippen LogP contribution in [0.4, 0.5) is 5.69 Å². The molecule has 1 saturated heterocycles. The lowest BCUT2D eigenvalue weighted by atomic mass is 10.1. The van der Waals surface area contributed by atoms with Gasteiger partial charge >= 0.3 is 0 Å². The highest BCUT2D eigenvalue weighted by Crippen LogP contribution is 2.30.